The summed E-state index contributed by atoms with van der Waals surface area (Å²) in [4.78, 5) is 12.3. The molecule has 0 saturated heterocycles. The van der Waals surface area contributed by atoms with E-state index in [2.05, 4.69) is 0 Å². The van der Waals surface area contributed by atoms with Crippen molar-refractivity contribution < 1.29 is 27.1 Å². The van der Waals surface area contributed by atoms with Gasteiger partial charge in [-0.3, -0.25) is 0 Å². The molecule has 0 aliphatic heterocycles. The number of para-hydroxylation sites is 1. The molecule has 1 rings (SSSR count). The zero-order valence-corrected chi connectivity index (χ0v) is 10.7. The number of amides is 2. The summed E-state index contributed by atoms with van der Waals surface area (Å²) in [5, 5.41) is 1.71. The summed E-state index contributed by atoms with van der Waals surface area (Å²) >= 11 is 0. The number of hydrogen-bond acceptors (Lipinski definition) is 2. The highest BCUT2D eigenvalue weighted by Crippen LogP contribution is 2.15. The lowest BCUT2D eigenvalue weighted by molar-refractivity contribution is -0.123. The molecule has 0 spiro atoms. The van der Waals surface area contributed by atoms with Gasteiger partial charge < -0.3 is 15.0 Å². The van der Waals surface area contributed by atoms with Crippen molar-refractivity contribution in [3.8, 4) is 5.75 Å². The van der Waals surface area contributed by atoms with Gasteiger partial charge in [0.05, 0.1) is 6.54 Å². The van der Waals surface area contributed by atoms with Crippen LogP contribution in [0.25, 0.3) is 0 Å². The second kappa shape index (κ2) is 6.97. The molecule has 2 amide bonds. The van der Waals surface area contributed by atoms with E-state index in [0.717, 1.165) is 4.90 Å². The Hall–Kier alpha value is -1.99. The predicted octanol–water partition coefficient (Wildman–Crippen LogP) is 2.41. The summed E-state index contributed by atoms with van der Waals surface area (Å²) < 4.78 is 54.0. The van der Waals surface area contributed by atoms with E-state index >= 15 is 0 Å². The molecule has 1 aromatic rings. The van der Waals surface area contributed by atoms with Crippen LogP contribution in [-0.4, -0.2) is 43.9 Å². The number of nitrogens with one attached hydrogen (secondary N) is 1. The highest BCUT2D eigenvalue weighted by atomic mass is 19.4. The fraction of sp³-hybridized carbons (Fsp3) is 0.417. The van der Waals surface area contributed by atoms with E-state index < -0.39 is 24.6 Å². The van der Waals surface area contributed by atoms with Crippen LogP contribution in [-0.2, 0) is 0 Å². The number of alkyl halides is 3. The largest absolute Gasteiger partial charge is 0.489 e. The van der Waals surface area contributed by atoms with Crippen LogP contribution < -0.4 is 10.1 Å². The third-order valence-corrected chi connectivity index (χ3v) is 2.31. The minimum absolute atomic E-state index is 0.0246. The Morgan fingerprint density at radius 2 is 2.00 bits per heavy atom. The van der Waals surface area contributed by atoms with Gasteiger partial charge in [-0.2, -0.15) is 13.2 Å². The van der Waals surface area contributed by atoms with E-state index in [1.54, 1.807) is 11.4 Å². The summed E-state index contributed by atoms with van der Waals surface area (Å²) in [5.74, 6) is -0.520. The van der Waals surface area contributed by atoms with Crippen molar-refractivity contribution in [2.75, 3.05) is 26.7 Å². The van der Waals surface area contributed by atoms with Gasteiger partial charge in [-0.25, -0.2) is 9.18 Å². The maximum Gasteiger partial charge on any atom is 0.405 e. The molecule has 0 unspecified atom stereocenters. The van der Waals surface area contributed by atoms with Gasteiger partial charge in [0.1, 0.15) is 13.2 Å². The number of likely N-dealkylation sites (N-methyl/N-ethyl adjacent to an activating group) is 1. The molecule has 0 fully saturated rings. The average molecular weight is 294 g/mol. The van der Waals surface area contributed by atoms with E-state index in [1.165, 1.54) is 25.2 Å². The number of nitrogens with zero attached hydrogens (tertiary/aromatic N) is 1. The number of urea groups is 1. The van der Waals surface area contributed by atoms with Crippen LogP contribution in [0.2, 0.25) is 0 Å². The standard InChI is InChI=1S/C12H14F4N2O2/c1-18(11(19)17-8-12(14,15)16)6-7-20-10-5-3-2-4-9(10)13/h2-5H,6-8H2,1H3,(H,17,19). The molecule has 1 N–H and O–H groups in total. The van der Waals surface area contributed by atoms with Gasteiger partial charge in [0, 0.05) is 7.05 Å². The third kappa shape index (κ3) is 5.77. The lowest BCUT2D eigenvalue weighted by Crippen LogP contribution is -2.43. The monoisotopic (exact) mass is 294 g/mol. The Labute approximate surface area is 113 Å². The van der Waals surface area contributed by atoms with E-state index in [9.17, 15) is 22.4 Å². The maximum absolute atomic E-state index is 13.2. The van der Waals surface area contributed by atoms with Gasteiger partial charge in [0.25, 0.3) is 0 Å². The van der Waals surface area contributed by atoms with Crippen LogP contribution in [0.15, 0.2) is 24.3 Å². The molecule has 0 saturated carbocycles. The van der Waals surface area contributed by atoms with Crippen molar-refractivity contribution in [1.82, 2.24) is 10.2 Å². The minimum Gasteiger partial charge on any atom is -0.489 e. The topological polar surface area (TPSA) is 41.6 Å². The summed E-state index contributed by atoms with van der Waals surface area (Å²) in [7, 11) is 1.32. The van der Waals surface area contributed by atoms with E-state index in [4.69, 9.17) is 4.74 Å². The SMILES string of the molecule is CN(CCOc1ccccc1F)C(=O)NCC(F)(F)F. The number of carbonyl (C=O) groups is 1. The summed E-state index contributed by atoms with van der Waals surface area (Å²) in [6.45, 7) is -1.40. The van der Waals surface area contributed by atoms with Crippen LogP contribution in [0.4, 0.5) is 22.4 Å². The van der Waals surface area contributed by atoms with E-state index in [0.29, 0.717) is 0 Å². The fourth-order valence-electron chi connectivity index (χ4n) is 1.27. The fourth-order valence-corrected chi connectivity index (χ4v) is 1.27. The quantitative estimate of drug-likeness (QED) is 0.847. The van der Waals surface area contributed by atoms with Gasteiger partial charge in [0.15, 0.2) is 11.6 Å². The molecular formula is C12H14F4N2O2. The number of rotatable bonds is 5. The smallest absolute Gasteiger partial charge is 0.405 e. The Kier molecular flexibility index (Phi) is 5.60. The predicted molar refractivity (Wildman–Crippen MR) is 64.0 cm³/mol. The van der Waals surface area contributed by atoms with E-state index in [-0.39, 0.29) is 18.9 Å². The van der Waals surface area contributed by atoms with Crippen LogP contribution in [0.1, 0.15) is 0 Å². The molecular weight excluding hydrogens is 280 g/mol. The first-order valence-electron chi connectivity index (χ1n) is 5.72. The molecule has 4 nitrogen and oxygen atoms in total. The molecule has 112 valence electrons. The van der Waals surface area contributed by atoms with Gasteiger partial charge >= 0.3 is 12.2 Å². The molecule has 0 aliphatic rings. The molecule has 1 aromatic carbocycles. The third-order valence-electron chi connectivity index (χ3n) is 2.31. The molecule has 0 aliphatic carbocycles. The minimum atomic E-state index is -4.46. The number of halogens is 4. The second-order valence-electron chi connectivity index (χ2n) is 3.97. The lowest BCUT2D eigenvalue weighted by atomic mass is 10.3. The lowest BCUT2D eigenvalue weighted by Gasteiger charge is -2.18. The van der Waals surface area contributed by atoms with Crippen LogP contribution in [0.3, 0.4) is 0 Å². The molecule has 0 bridgehead atoms. The van der Waals surface area contributed by atoms with Gasteiger partial charge in [0.2, 0.25) is 0 Å². The number of ether oxygens (including phenoxy) is 1. The van der Waals surface area contributed by atoms with E-state index in [1.807, 2.05) is 0 Å². The highest BCUT2D eigenvalue weighted by Gasteiger charge is 2.28. The highest BCUT2D eigenvalue weighted by molar-refractivity contribution is 5.73. The van der Waals surface area contributed by atoms with Crippen LogP contribution in [0.5, 0.6) is 5.75 Å². The first kappa shape index (κ1) is 16.1. The molecule has 0 heterocycles. The molecule has 0 radical (unpaired) electrons. The average Bonchev–Trinajstić information content (AvgIpc) is 2.37. The van der Waals surface area contributed by atoms with Crippen molar-refractivity contribution in [3.63, 3.8) is 0 Å². The maximum atomic E-state index is 13.2. The van der Waals surface area contributed by atoms with Crippen LogP contribution in [0, 0.1) is 5.82 Å². The zero-order chi connectivity index (χ0) is 15.2. The zero-order valence-electron chi connectivity index (χ0n) is 10.7. The Morgan fingerprint density at radius 1 is 1.35 bits per heavy atom. The molecule has 8 heteroatoms. The normalized spacial score (nSPS) is 11.1. The summed E-state index contributed by atoms with van der Waals surface area (Å²) in [5.41, 5.74) is 0. The molecule has 0 atom stereocenters. The first-order valence-corrected chi connectivity index (χ1v) is 5.72. The molecule has 0 aromatic heterocycles. The number of carbonyl (C=O) groups excluding carboxylic acids is 1. The van der Waals surface area contributed by atoms with Gasteiger partial charge in [-0.1, -0.05) is 12.1 Å². The van der Waals surface area contributed by atoms with Crippen LogP contribution >= 0.6 is 0 Å². The van der Waals surface area contributed by atoms with Crippen molar-refractivity contribution in [3.05, 3.63) is 30.1 Å². The molecule has 20 heavy (non-hydrogen) atoms. The Bertz CT molecular complexity index is 451. The van der Waals surface area contributed by atoms with Crippen molar-refractivity contribution in [2.45, 2.75) is 6.18 Å². The van der Waals surface area contributed by atoms with Crippen molar-refractivity contribution in [2.24, 2.45) is 0 Å². The summed E-state index contributed by atoms with van der Waals surface area (Å²) in [6.07, 6.45) is -4.46. The van der Waals surface area contributed by atoms with Crippen molar-refractivity contribution >= 4 is 6.03 Å². The first-order chi connectivity index (χ1) is 9.29. The Balaban J connectivity index is 2.31. The summed E-state index contributed by atoms with van der Waals surface area (Å²) in [6, 6.07) is 4.84. The van der Waals surface area contributed by atoms with Crippen molar-refractivity contribution in [1.29, 1.82) is 0 Å². The van der Waals surface area contributed by atoms with Gasteiger partial charge in [-0.15, -0.1) is 0 Å². The second-order valence-corrected chi connectivity index (χ2v) is 3.97. The van der Waals surface area contributed by atoms with Gasteiger partial charge in [-0.05, 0) is 12.1 Å². The Morgan fingerprint density at radius 3 is 2.60 bits per heavy atom. The number of benzene rings is 1. The number of hydrogen-bond donors (Lipinski definition) is 1.